The SMILES string of the molecule is CC(C)(C)CC(CNC(C)(C)C)(CNC(C)(C)C)CNC(C)(C)C. The Labute approximate surface area is 153 Å². The van der Waals surface area contributed by atoms with Gasteiger partial charge in [-0.05, 0) is 74.1 Å². The molecule has 0 saturated carbocycles. The van der Waals surface area contributed by atoms with Gasteiger partial charge in [-0.3, -0.25) is 0 Å². The Bertz CT molecular complexity index is 313. The molecule has 0 rings (SSSR count). The van der Waals surface area contributed by atoms with Crippen LogP contribution in [-0.4, -0.2) is 36.3 Å². The lowest BCUT2D eigenvalue weighted by Gasteiger charge is -2.44. The standard InChI is InChI=1S/C21H47N3/c1-17(2,3)13-21(14-22-18(4,5)6,15-23-19(7,8)9)16-24-20(10,11)12/h22-24H,13-16H2,1-12H3. The van der Waals surface area contributed by atoms with E-state index in [-0.39, 0.29) is 22.0 Å². The van der Waals surface area contributed by atoms with E-state index in [4.69, 9.17) is 0 Å². The molecule has 0 aliphatic heterocycles. The van der Waals surface area contributed by atoms with Crippen molar-refractivity contribution in [2.75, 3.05) is 19.6 Å². The van der Waals surface area contributed by atoms with Gasteiger partial charge in [0.15, 0.2) is 0 Å². The van der Waals surface area contributed by atoms with Gasteiger partial charge in [0, 0.05) is 41.7 Å². The van der Waals surface area contributed by atoms with Crippen LogP contribution >= 0.6 is 0 Å². The summed E-state index contributed by atoms with van der Waals surface area (Å²) in [7, 11) is 0. The molecule has 0 saturated heterocycles. The molecule has 0 aromatic heterocycles. The average Bonchev–Trinajstić information content (AvgIpc) is 2.26. The summed E-state index contributed by atoms with van der Waals surface area (Å²) in [6, 6.07) is 0. The zero-order valence-electron chi connectivity index (χ0n) is 18.8. The molecule has 0 aromatic rings. The van der Waals surface area contributed by atoms with Crippen molar-refractivity contribution >= 4 is 0 Å². The van der Waals surface area contributed by atoms with Gasteiger partial charge in [-0.15, -0.1) is 0 Å². The zero-order valence-corrected chi connectivity index (χ0v) is 18.8. The van der Waals surface area contributed by atoms with Gasteiger partial charge < -0.3 is 16.0 Å². The highest BCUT2D eigenvalue weighted by Crippen LogP contribution is 2.34. The lowest BCUT2D eigenvalue weighted by Crippen LogP contribution is -2.57. The lowest BCUT2D eigenvalue weighted by molar-refractivity contribution is 0.125. The van der Waals surface area contributed by atoms with Crippen molar-refractivity contribution in [2.24, 2.45) is 10.8 Å². The first-order valence-corrected chi connectivity index (χ1v) is 9.58. The van der Waals surface area contributed by atoms with Crippen LogP contribution in [0.3, 0.4) is 0 Å². The average molecular weight is 342 g/mol. The molecule has 24 heavy (non-hydrogen) atoms. The third-order valence-corrected chi connectivity index (χ3v) is 3.89. The molecule has 0 aliphatic rings. The van der Waals surface area contributed by atoms with Gasteiger partial charge in [-0.25, -0.2) is 0 Å². The van der Waals surface area contributed by atoms with Gasteiger partial charge in [-0.1, -0.05) is 20.8 Å². The minimum absolute atomic E-state index is 0.132. The summed E-state index contributed by atoms with van der Waals surface area (Å²) in [5, 5.41) is 11.3. The third kappa shape index (κ3) is 13.2. The molecule has 0 amide bonds. The molecule has 146 valence electrons. The predicted octanol–water partition coefficient (Wildman–Crippen LogP) is 4.57. The van der Waals surface area contributed by atoms with E-state index in [2.05, 4.69) is 99.0 Å². The molecule has 0 aliphatic carbocycles. The topological polar surface area (TPSA) is 36.1 Å². The van der Waals surface area contributed by atoms with Crippen LogP contribution in [0, 0.1) is 10.8 Å². The number of nitrogens with one attached hydrogen (secondary N) is 3. The summed E-state index contributed by atoms with van der Waals surface area (Å²) in [6.45, 7) is 30.4. The second-order valence-corrected chi connectivity index (χ2v) is 12.0. The Morgan fingerprint density at radius 1 is 0.458 bits per heavy atom. The Morgan fingerprint density at radius 3 is 0.875 bits per heavy atom. The summed E-state index contributed by atoms with van der Waals surface area (Å²) in [5.74, 6) is 0. The maximum atomic E-state index is 3.78. The summed E-state index contributed by atoms with van der Waals surface area (Å²) in [5.41, 5.74) is 0.858. The van der Waals surface area contributed by atoms with Crippen LogP contribution in [0.1, 0.15) is 89.5 Å². The van der Waals surface area contributed by atoms with Gasteiger partial charge >= 0.3 is 0 Å². The fourth-order valence-electron chi connectivity index (χ4n) is 2.86. The van der Waals surface area contributed by atoms with Gasteiger partial charge in [-0.2, -0.15) is 0 Å². The van der Waals surface area contributed by atoms with E-state index in [1.807, 2.05) is 0 Å². The molecule has 3 N–H and O–H groups in total. The van der Waals surface area contributed by atoms with E-state index in [1.54, 1.807) is 0 Å². The molecule has 0 radical (unpaired) electrons. The van der Waals surface area contributed by atoms with Crippen molar-refractivity contribution in [1.82, 2.24) is 16.0 Å². The van der Waals surface area contributed by atoms with E-state index in [0.29, 0.717) is 5.41 Å². The van der Waals surface area contributed by atoms with Gasteiger partial charge in [0.25, 0.3) is 0 Å². The lowest BCUT2D eigenvalue weighted by atomic mass is 9.72. The first-order chi connectivity index (χ1) is 10.3. The molecule has 0 aromatic carbocycles. The van der Waals surface area contributed by atoms with Gasteiger partial charge in [0.1, 0.15) is 0 Å². The molecule has 0 fully saturated rings. The van der Waals surface area contributed by atoms with E-state index >= 15 is 0 Å². The highest BCUT2D eigenvalue weighted by Gasteiger charge is 2.37. The molecular weight excluding hydrogens is 294 g/mol. The van der Waals surface area contributed by atoms with Crippen LogP contribution in [0.15, 0.2) is 0 Å². The van der Waals surface area contributed by atoms with Crippen molar-refractivity contribution < 1.29 is 0 Å². The molecule has 0 spiro atoms. The normalized spacial score (nSPS) is 15.0. The minimum atomic E-state index is 0.132. The first kappa shape index (κ1) is 23.9. The monoisotopic (exact) mass is 341 g/mol. The van der Waals surface area contributed by atoms with Crippen LogP contribution in [-0.2, 0) is 0 Å². The maximum absolute atomic E-state index is 3.78. The zero-order chi connectivity index (χ0) is 19.4. The van der Waals surface area contributed by atoms with Crippen molar-refractivity contribution in [2.45, 2.75) is 106 Å². The second kappa shape index (κ2) is 8.05. The molecule has 3 nitrogen and oxygen atoms in total. The summed E-state index contributed by atoms with van der Waals surface area (Å²) in [6.07, 6.45) is 1.18. The molecule has 0 atom stereocenters. The van der Waals surface area contributed by atoms with Crippen LogP contribution in [0.5, 0.6) is 0 Å². The van der Waals surface area contributed by atoms with Crippen LogP contribution in [0.2, 0.25) is 0 Å². The molecular formula is C21H47N3. The van der Waals surface area contributed by atoms with Crippen LogP contribution < -0.4 is 16.0 Å². The van der Waals surface area contributed by atoms with Gasteiger partial charge in [0.05, 0.1) is 0 Å². The minimum Gasteiger partial charge on any atom is -0.311 e. The molecule has 0 bridgehead atoms. The number of rotatable bonds is 7. The van der Waals surface area contributed by atoms with Crippen molar-refractivity contribution in [3.05, 3.63) is 0 Å². The van der Waals surface area contributed by atoms with E-state index in [9.17, 15) is 0 Å². The van der Waals surface area contributed by atoms with Gasteiger partial charge in [0.2, 0.25) is 0 Å². The fourth-order valence-corrected chi connectivity index (χ4v) is 2.86. The summed E-state index contributed by atoms with van der Waals surface area (Å²) >= 11 is 0. The summed E-state index contributed by atoms with van der Waals surface area (Å²) < 4.78 is 0. The smallest absolute Gasteiger partial charge is 0.00967 e. The fraction of sp³-hybridized carbons (Fsp3) is 1.00. The highest BCUT2D eigenvalue weighted by atomic mass is 15.0. The highest BCUT2D eigenvalue weighted by molar-refractivity contribution is 4.94. The molecule has 0 unspecified atom stereocenters. The Balaban J connectivity index is 5.44. The first-order valence-electron chi connectivity index (χ1n) is 9.58. The van der Waals surface area contributed by atoms with Crippen LogP contribution in [0.25, 0.3) is 0 Å². The Kier molecular flexibility index (Phi) is 8.01. The number of hydrogen-bond donors (Lipinski definition) is 3. The quantitative estimate of drug-likeness (QED) is 0.634. The van der Waals surface area contributed by atoms with Crippen molar-refractivity contribution in [1.29, 1.82) is 0 Å². The molecule has 3 heteroatoms. The van der Waals surface area contributed by atoms with E-state index in [0.717, 1.165) is 19.6 Å². The van der Waals surface area contributed by atoms with Crippen LogP contribution in [0.4, 0.5) is 0 Å². The largest absolute Gasteiger partial charge is 0.311 e. The maximum Gasteiger partial charge on any atom is 0.00967 e. The van der Waals surface area contributed by atoms with E-state index < -0.39 is 0 Å². The summed E-state index contributed by atoms with van der Waals surface area (Å²) in [4.78, 5) is 0. The Morgan fingerprint density at radius 2 is 0.708 bits per heavy atom. The number of hydrogen-bond acceptors (Lipinski definition) is 3. The van der Waals surface area contributed by atoms with Crippen molar-refractivity contribution in [3.63, 3.8) is 0 Å². The second-order valence-electron chi connectivity index (χ2n) is 12.0. The van der Waals surface area contributed by atoms with E-state index in [1.165, 1.54) is 6.42 Å². The van der Waals surface area contributed by atoms with Crippen molar-refractivity contribution in [3.8, 4) is 0 Å². The predicted molar refractivity (Wildman–Crippen MR) is 110 cm³/mol. The third-order valence-electron chi connectivity index (χ3n) is 3.89. The molecule has 0 heterocycles. The Hall–Kier alpha value is -0.120.